The summed E-state index contributed by atoms with van der Waals surface area (Å²) in [5.41, 5.74) is 3.79. The van der Waals surface area contributed by atoms with Gasteiger partial charge in [-0.15, -0.1) is 0 Å². The summed E-state index contributed by atoms with van der Waals surface area (Å²) in [6, 6.07) is 12.6. The summed E-state index contributed by atoms with van der Waals surface area (Å²) in [4.78, 5) is 24.4. The molecule has 0 bridgehead atoms. The lowest BCUT2D eigenvalue weighted by Gasteiger charge is -2.06. The number of benzene rings is 1. The molecule has 5 heteroatoms. The van der Waals surface area contributed by atoms with E-state index in [1.165, 1.54) is 0 Å². The molecule has 0 aliphatic heterocycles. The number of rotatable bonds is 3. The van der Waals surface area contributed by atoms with Crippen LogP contribution in [-0.2, 0) is 0 Å². The van der Waals surface area contributed by atoms with Crippen molar-refractivity contribution in [2.75, 3.05) is 0 Å². The van der Waals surface area contributed by atoms with Gasteiger partial charge in [-0.25, -0.2) is 4.98 Å². The van der Waals surface area contributed by atoms with Crippen molar-refractivity contribution in [1.29, 1.82) is 0 Å². The zero-order valence-corrected chi connectivity index (χ0v) is 13.3. The first-order valence-electron chi connectivity index (χ1n) is 7.41. The van der Waals surface area contributed by atoms with Crippen molar-refractivity contribution in [3.05, 3.63) is 83.4 Å². The average molecular weight is 334 g/mol. The fraction of sp³-hybridized carbons (Fsp3) is 0. The van der Waals surface area contributed by atoms with Crippen LogP contribution in [0.1, 0.15) is 15.9 Å². The van der Waals surface area contributed by atoms with Crippen molar-refractivity contribution >= 4 is 28.4 Å². The number of carbonyl (C=O) groups excluding carboxylic acids is 1. The number of aromatic nitrogens is 3. The lowest BCUT2D eigenvalue weighted by atomic mass is 9.98. The second-order valence-electron chi connectivity index (χ2n) is 5.36. The van der Waals surface area contributed by atoms with E-state index in [4.69, 9.17) is 11.6 Å². The summed E-state index contributed by atoms with van der Waals surface area (Å²) in [5.74, 6) is -0.0683. The minimum absolute atomic E-state index is 0.0683. The number of fused-ring (bicyclic) bond motifs is 1. The number of nitrogens with one attached hydrogen (secondary N) is 1. The Bertz CT molecular complexity index is 1020. The molecule has 0 atom stereocenters. The quantitative estimate of drug-likeness (QED) is 0.561. The van der Waals surface area contributed by atoms with Gasteiger partial charge in [0.2, 0.25) is 0 Å². The van der Waals surface area contributed by atoms with Gasteiger partial charge in [0.15, 0.2) is 5.78 Å². The normalized spacial score (nSPS) is 10.9. The van der Waals surface area contributed by atoms with E-state index < -0.39 is 0 Å². The lowest BCUT2D eigenvalue weighted by molar-refractivity contribution is 0.104. The fourth-order valence-electron chi connectivity index (χ4n) is 2.76. The maximum atomic E-state index is 12.9. The largest absolute Gasteiger partial charge is 0.345 e. The standard InChI is InChI=1S/C19H12ClN3O/c20-14-3-1-13(2-4-14)18(24)16-11-23-19-17(16)15(7-10-22-19)12-5-8-21-9-6-12/h1-11H,(H,22,23). The predicted octanol–water partition coefficient (Wildman–Crippen LogP) is 4.51. The molecule has 0 aliphatic rings. The highest BCUT2D eigenvalue weighted by Crippen LogP contribution is 2.31. The molecule has 24 heavy (non-hydrogen) atoms. The number of halogens is 1. The third-order valence-electron chi connectivity index (χ3n) is 3.92. The maximum Gasteiger partial charge on any atom is 0.195 e. The number of aromatic amines is 1. The summed E-state index contributed by atoms with van der Waals surface area (Å²) in [6.45, 7) is 0. The van der Waals surface area contributed by atoms with E-state index in [2.05, 4.69) is 15.0 Å². The number of pyridine rings is 2. The molecule has 0 aliphatic carbocycles. The van der Waals surface area contributed by atoms with Crippen molar-refractivity contribution in [2.45, 2.75) is 0 Å². The summed E-state index contributed by atoms with van der Waals surface area (Å²) >= 11 is 5.91. The van der Waals surface area contributed by atoms with Crippen LogP contribution in [0.25, 0.3) is 22.2 Å². The molecule has 4 rings (SSSR count). The van der Waals surface area contributed by atoms with Gasteiger partial charge in [0.1, 0.15) is 5.65 Å². The van der Waals surface area contributed by atoms with Crippen LogP contribution in [0.2, 0.25) is 5.02 Å². The van der Waals surface area contributed by atoms with E-state index in [1.807, 2.05) is 18.2 Å². The molecule has 0 saturated carbocycles. The number of nitrogens with zero attached hydrogens (tertiary/aromatic N) is 2. The molecule has 3 heterocycles. The van der Waals surface area contributed by atoms with Crippen LogP contribution in [0.4, 0.5) is 0 Å². The Kier molecular flexibility index (Phi) is 3.59. The first kappa shape index (κ1) is 14.6. The van der Waals surface area contributed by atoms with Crippen LogP contribution < -0.4 is 0 Å². The van der Waals surface area contributed by atoms with E-state index in [1.54, 1.807) is 49.1 Å². The molecule has 1 N–H and O–H groups in total. The summed E-state index contributed by atoms with van der Waals surface area (Å²) < 4.78 is 0. The Labute approximate surface area is 143 Å². The molecule has 4 aromatic rings. The molecular formula is C19H12ClN3O. The van der Waals surface area contributed by atoms with Gasteiger partial charge < -0.3 is 4.98 Å². The minimum atomic E-state index is -0.0683. The minimum Gasteiger partial charge on any atom is -0.345 e. The monoisotopic (exact) mass is 333 g/mol. The van der Waals surface area contributed by atoms with E-state index in [9.17, 15) is 4.79 Å². The molecule has 0 radical (unpaired) electrons. The highest BCUT2D eigenvalue weighted by Gasteiger charge is 2.18. The van der Waals surface area contributed by atoms with Gasteiger partial charge in [0.05, 0.1) is 5.56 Å². The Balaban J connectivity index is 1.91. The Morgan fingerprint density at radius 3 is 2.46 bits per heavy atom. The number of hydrogen-bond donors (Lipinski definition) is 1. The summed E-state index contributed by atoms with van der Waals surface area (Å²) in [7, 11) is 0. The molecule has 116 valence electrons. The third kappa shape index (κ3) is 2.47. The molecule has 1 aromatic carbocycles. The van der Waals surface area contributed by atoms with Gasteiger partial charge in [-0.1, -0.05) is 11.6 Å². The lowest BCUT2D eigenvalue weighted by Crippen LogP contribution is -2.00. The first-order valence-corrected chi connectivity index (χ1v) is 7.78. The summed E-state index contributed by atoms with van der Waals surface area (Å²) in [5, 5.41) is 1.41. The Morgan fingerprint density at radius 1 is 0.958 bits per heavy atom. The zero-order valence-electron chi connectivity index (χ0n) is 12.5. The van der Waals surface area contributed by atoms with Gasteiger partial charge in [-0.2, -0.15) is 0 Å². The predicted molar refractivity (Wildman–Crippen MR) is 94.2 cm³/mol. The Morgan fingerprint density at radius 2 is 1.71 bits per heavy atom. The molecule has 0 unspecified atom stereocenters. The van der Waals surface area contributed by atoms with Crippen molar-refractivity contribution in [3.8, 4) is 11.1 Å². The van der Waals surface area contributed by atoms with Gasteiger partial charge in [-0.05, 0) is 53.6 Å². The van der Waals surface area contributed by atoms with Crippen molar-refractivity contribution in [1.82, 2.24) is 15.0 Å². The highest BCUT2D eigenvalue weighted by atomic mass is 35.5. The summed E-state index contributed by atoms with van der Waals surface area (Å²) in [6.07, 6.45) is 6.90. The SMILES string of the molecule is O=C(c1ccc(Cl)cc1)c1c[nH]c2nccc(-c3ccncc3)c12. The highest BCUT2D eigenvalue weighted by molar-refractivity contribution is 6.30. The number of carbonyl (C=O) groups is 1. The van der Waals surface area contributed by atoms with Crippen molar-refractivity contribution in [2.24, 2.45) is 0 Å². The second-order valence-corrected chi connectivity index (χ2v) is 5.79. The smallest absolute Gasteiger partial charge is 0.195 e. The molecule has 3 aromatic heterocycles. The number of hydrogen-bond acceptors (Lipinski definition) is 3. The van der Waals surface area contributed by atoms with Crippen LogP contribution in [0, 0.1) is 0 Å². The molecule has 0 spiro atoms. The van der Waals surface area contributed by atoms with E-state index >= 15 is 0 Å². The fourth-order valence-corrected chi connectivity index (χ4v) is 2.89. The maximum absolute atomic E-state index is 12.9. The molecule has 0 saturated heterocycles. The second kappa shape index (κ2) is 5.91. The topological polar surface area (TPSA) is 58.6 Å². The van der Waals surface area contributed by atoms with E-state index in [-0.39, 0.29) is 5.78 Å². The van der Waals surface area contributed by atoms with Crippen LogP contribution in [-0.4, -0.2) is 20.7 Å². The number of H-pyrrole nitrogens is 1. The number of ketones is 1. The molecule has 0 amide bonds. The van der Waals surface area contributed by atoms with Gasteiger partial charge in [0, 0.05) is 40.8 Å². The van der Waals surface area contributed by atoms with Crippen molar-refractivity contribution < 1.29 is 4.79 Å². The third-order valence-corrected chi connectivity index (χ3v) is 4.17. The first-order chi connectivity index (χ1) is 11.7. The van der Waals surface area contributed by atoms with E-state index in [0.717, 1.165) is 16.5 Å². The molecule has 4 nitrogen and oxygen atoms in total. The zero-order chi connectivity index (χ0) is 16.5. The van der Waals surface area contributed by atoms with Gasteiger partial charge in [0.25, 0.3) is 0 Å². The Hall–Kier alpha value is -2.98. The molecular weight excluding hydrogens is 322 g/mol. The average Bonchev–Trinajstić information content (AvgIpc) is 3.06. The molecule has 0 fully saturated rings. The van der Waals surface area contributed by atoms with Crippen LogP contribution in [0.3, 0.4) is 0 Å². The van der Waals surface area contributed by atoms with Gasteiger partial charge >= 0.3 is 0 Å². The van der Waals surface area contributed by atoms with Crippen LogP contribution in [0.5, 0.6) is 0 Å². The van der Waals surface area contributed by atoms with Gasteiger partial charge in [-0.3, -0.25) is 9.78 Å². The van der Waals surface area contributed by atoms with Crippen LogP contribution in [0.15, 0.2) is 67.3 Å². The van der Waals surface area contributed by atoms with Crippen molar-refractivity contribution in [3.63, 3.8) is 0 Å². The van der Waals surface area contributed by atoms with E-state index in [0.29, 0.717) is 21.8 Å². The van der Waals surface area contributed by atoms with Crippen LogP contribution >= 0.6 is 11.6 Å².